The number of amides is 2. The molecule has 0 atom stereocenters. The molecule has 0 heterocycles. The zero-order valence-electron chi connectivity index (χ0n) is 16.0. The summed E-state index contributed by atoms with van der Waals surface area (Å²) in [5.41, 5.74) is -1.47. The van der Waals surface area contributed by atoms with Crippen LogP contribution in [-0.2, 0) is 4.74 Å². The fraction of sp³-hybridized carbons (Fsp3) is 0.579. The van der Waals surface area contributed by atoms with Gasteiger partial charge in [-0.15, -0.1) is 0 Å². The van der Waals surface area contributed by atoms with E-state index in [-0.39, 0.29) is 17.8 Å². The Bertz CT molecular complexity index is 706. The molecule has 1 aliphatic carbocycles. The van der Waals surface area contributed by atoms with E-state index >= 15 is 0 Å². The van der Waals surface area contributed by atoms with Crippen molar-refractivity contribution in [2.24, 2.45) is 0 Å². The standard InChI is InChI=1S/C19H27N3O5/c1-18(2,3)27-17(24)21-19(11-7-4-8-12-19)13-20-16(23)14-9-5-6-10-15(14)22(25)26/h5-6,9-10H,4,7-8,11-13H2,1-3H3,(H,20,23)(H,21,24). The van der Waals surface area contributed by atoms with E-state index < -0.39 is 28.1 Å². The topological polar surface area (TPSA) is 111 Å². The van der Waals surface area contributed by atoms with E-state index in [4.69, 9.17) is 4.74 Å². The highest BCUT2D eigenvalue weighted by Gasteiger charge is 2.36. The summed E-state index contributed by atoms with van der Waals surface area (Å²) in [6, 6.07) is 5.81. The monoisotopic (exact) mass is 377 g/mol. The summed E-state index contributed by atoms with van der Waals surface area (Å²) in [7, 11) is 0. The summed E-state index contributed by atoms with van der Waals surface area (Å²) in [6.45, 7) is 5.56. The fourth-order valence-corrected chi connectivity index (χ4v) is 3.26. The second kappa shape index (κ2) is 8.37. The minimum Gasteiger partial charge on any atom is -0.444 e. The Morgan fingerprint density at radius 3 is 2.41 bits per heavy atom. The lowest BCUT2D eigenvalue weighted by atomic mass is 9.81. The van der Waals surface area contributed by atoms with Gasteiger partial charge in [0.25, 0.3) is 11.6 Å². The molecule has 8 heteroatoms. The Morgan fingerprint density at radius 1 is 1.19 bits per heavy atom. The van der Waals surface area contributed by atoms with Crippen molar-refractivity contribution in [1.29, 1.82) is 0 Å². The maximum Gasteiger partial charge on any atom is 0.408 e. The number of carbonyl (C=O) groups is 2. The molecule has 0 radical (unpaired) electrons. The van der Waals surface area contributed by atoms with Gasteiger partial charge in [0.05, 0.1) is 10.5 Å². The largest absolute Gasteiger partial charge is 0.444 e. The zero-order chi connectivity index (χ0) is 20.1. The smallest absolute Gasteiger partial charge is 0.408 e. The second-order valence-electron chi connectivity index (χ2n) is 7.92. The van der Waals surface area contributed by atoms with Crippen LogP contribution in [0.5, 0.6) is 0 Å². The van der Waals surface area contributed by atoms with Crippen molar-refractivity contribution in [3.05, 3.63) is 39.9 Å². The first-order valence-corrected chi connectivity index (χ1v) is 9.15. The lowest BCUT2D eigenvalue weighted by molar-refractivity contribution is -0.385. The molecule has 2 N–H and O–H groups in total. The number of hydrogen-bond donors (Lipinski definition) is 2. The number of rotatable bonds is 5. The number of nitrogens with one attached hydrogen (secondary N) is 2. The number of para-hydroxylation sites is 1. The molecule has 1 aromatic carbocycles. The molecule has 2 rings (SSSR count). The van der Waals surface area contributed by atoms with Crippen LogP contribution in [0.3, 0.4) is 0 Å². The van der Waals surface area contributed by atoms with Crippen molar-refractivity contribution in [2.75, 3.05) is 6.54 Å². The van der Waals surface area contributed by atoms with Gasteiger partial charge in [-0.25, -0.2) is 4.79 Å². The third-order valence-electron chi connectivity index (χ3n) is 4.51. The molecule has 1 fully saturated rings. The second-order valence-corrected chi connectivity index (χ2v) is 7.92. The Hall–Kier alpha value is -2.64. The van der Waals surface area contributed by atoms with Crippen molar-refractivity contribution in [1.82, 2.24) is 10.6 Å². The van der Waals surface area contributed by atoms with Gasteiger partial charge in [-0.05, 0) is 39.7 Å². The average molecular weight is 377 g/mol. The van der Waals surface area contributed by atoms with E-state index in [2.05, 4.69) is 10.6 Å². The Morgan fingerprint density at radius 2 is 1.81 bits per heavy atom. The van der Waals surface area contributed by atoms with Gasteiger partial charge in [0.1, 0.15) is 11.2 Å². The predicted molar refractivity (Wildman–Crippen MR) is 101 cm³/mol. The maximum absolute atomic E-state index is 12.5. The molecule has 0 unspecified atom stereocenters. The third kappa shape index (κ3) is 5.94. The number of benzene rings is 1. The number of nitro benzene ring substituents is 1. The summed E-state index contributed by atoms with van der Waals surface area (Å²) in [5.74, 6) is -0.529. The van der Waals surface area contributed by atoms with Crippen molar-refractivity contribution in [2.45, 2.75) is 64.0 Å². The van der Waals surface area contributed by atoms with Gasteiger partial charge in [0.2, 0.25) is 0 Å². The molecule has 0 spiro atoms. The molecule has 0 aromatic heterocycles. The molecular weight excluding hydrogens is 350 g/mol. The van der Waals surface area contributed by atoms with Crippen molar-refractivity contribution < 1.29 is 19.2 Å². The molecule has 0 aliphatic heterocycles. The Balaban J connectivity index is 2.09. The first-order chi connectivity index (χ1) is 12.6. The number of nitrogens with zero attached hydrogens (tertiary/aromatic N) is 1. The van der Waals surface area contributed by atoms with E-state index in [0.717, 1.165) is 19.3 Å². The molecule has 1 saturated carbocycles. The van der Waals surface area contributed by atoms with E-state index in [1.165, 1.54) is 18.2 Å². The van der Waals surface area contributed by atoms with Crippen LogP contribution in [0.15, 0.2) is 24.3 Å². The minimum absolute atomic E-state index is 0.00530. The molecule has 1 aromatic rings. The third-order valence-corrected chi connectivity index (χ3v) is 4.51. The molecule has 27 heavy (non-hydrogen) atoms. The van der Waals surface area contributed by atoms with Gasteiger partial charge in [0.15, 0.2) is 0 Å². The number of alkyl carbamates (subject to hydrolysis) is 1. The highest BCUT2D eigenvalue weighted by Crippen LogP contribution is 2.28. The van der Waals surface area contributed by atoms with Crippen LogP contribution in [0.4, 0.5) is 10.5 Å². The van der Waals surface area contributed by atoms with Gasteiger partial charge in [0, 0.05) is 12.6 Å². The fourth-order valence-electron chi connectivity index (χ4n) is 3.26. The minimum atomic E-state index is -0.617. The normalized spacial score (nSPS) is 16.3. The number of ether oxygens (including phenoxy) is 1. The Kier molecular flexibility index (Phi) is 6.41. The summed E-state index contributed by atoms with van der Waals surface area (Å²) in [6.07, 6.45) is 3.82. The van der Waals surface area contributed by atoms with Crippen LogP contribution in [0.25, 0.3) is 0 Å². The van der Waals surface area contributed by atoms with Gasteiger partial charge in [-0.2, -0.15) is 0 Å². The van der Waals surface area contributed by atoms with Crippen LogP contribution in [0.2, 0.25) is 0 Å². The highest BCUT2D eigenvalue weighted by molar-refractivity contribution is 5.98. The highest BCUT2D eigenvalue weighted by atomic mass is 16.6. The van der Waals surface area contributed by atoms with Crippen molar-refractivity contribution >= 4 is 17.7 Å². The van der Waals surface area contributed by atoms with E-state index in [1.54, 1.807) is 26.8 Å². The van der Waals surface area contributed by atoms with E-state index in [1.807, 2.05) is 0 Å². The summed E-state index contributed by atoms with van der Waals surface area (Å²) in [4.78, 5) is 35.3. The summed E-state index contributed by atoms with van der Waals surface area (Å²) >= 11 is 0. The molecule has 1 aliphatic rings. The van der Waals surface area contributed by atoms with Crippen LogP contribution >= 0.6 is 0 Å². The van der Waals surface area contributed by atoms with Crippen molar-refractivity contribution in [3.63, 3.8) is 0 Å². The van der Waals surface area contributed by atoms with Gasteiger partial charge in [-0.1, -0.05) is 31.4 Å². The SMILES string of the molecule is CC(C)(C)OC(=O)NC1(CNC(=O)c2ccccc2[N+](=O)[O-])CCCCC1. The molecule has 2 amide bonds. The van der Waals surface area contributed by atoms with E-state index in [0.29, 0.717) is 12.8 Å². The number of nitro groups is 1. The predicted octanol–water partition coefficient (Wildman–Crippen LogP) is 3.55. The van der Waals surface area contributed by atoms with E-state index in [9.17, 15) is 19.7 Å². The van der Waals surface area contributed by atoms with Gasteiger partial charge in [-0.3, -0.25) is 14.9 Å². The average Bonchev–Trinajstić information content (AvgIpc) is 2.58. The number of hydrogen-bond acceptors (Lipinski definition) is 5. The maximum atomic E-state index is 12.5. The lowest BCUT2D eigenvalue weighted by Gasteiger charge is -2.38. The first-order valence-electron chi connectivity index (χ1n) is 9.15. The molecule has 148 valence electrons. The van der Waals surface area contributed by atoms with Gasteiger partial charge < -0.3 is 15.4 Å². The van der Waals surface area contributed by atoms with Crippen LogP contribution < -0.4 is 10.6 Å². The summed E-state index contributed by atoms with van der Waals surface area (Å²) in [5, 5.41) is 16.8. The quantitative estimate of drug-likeness (QED) is 0.602. The first kappa shape index (κ1) is 20.7. The lowest BCUT2D eigenvalue weighted by Crippen LogP contribution is -2.57. The molecular formula is C19H27N3O5. The molecule has 0 bridgehead atoms. The number of carbonyl (C=O) groups excluding carboxylic acids is 2. The molecule has 0 saturated heterocycles. The molecule has 8 nitrogen and oxygen atoms in total. The van der Waals surface area contributed by atoms with Crippen LogP contribution in [-0.4, -0.2) is 34.6 Å². The summed E-state index contributed by atoms with van der Waals surface area (Å²) < 4.78 is 5.36. The van der Waals surface area contributed by atoms with Crippen LogP contribution in [0, 0.1) is 10.1 Å². The zero-order valence-corrected chi connectivity index (χ0v) is 16.0. The Labute approximate surface area is 158 Å². The van der Waals surface area contributed by atoms with Crippen molar-refractivity contribution in [3.8, 4) is 0 Å². The van der Waals surface area contributed by atoms with Gasteiger partial charge >= 0.3 is 6.09 Å². The van der Waals surface area contributed by atoms with Crippen LogP contribution in [0.1, 0.15) is 63.2 Å².